The quantitative estimate of drug-likeness (QED) is 0.753. The van der Waals surface area contributed by atoms with Gasteiger partial charge in [0.05, 0.1) is 0 Å². The van der Waals surface area contributed by atoms with E-state index in [-0.39, 0.29) is 0 Å². The predicted molar refractivity (Wildman–Crippen MR) is 85.8 cm³/mol. The number of anilines is 2. The maximum absolute atomic E-state index is 6.09. The first kappa shape index (κ1) is 12.5. The fourth-order valence-corrected chi connectivity index (χ4v) is 2.44. The molecular weight excluding hydrogens is 246 g/mol. The second kappa shape index (κ2) is 5.21. The van der Waals surface area contributed by atoms with Crippen molar-refractivity contribution >= 4 is 22.3 Å². The number of pyridine rings is 1. The molecule has 0 atom stereocenters. The number of hydrogen-bond acceptors (Lipinski definition) is 3. The van der Waals surface area contributed by atoms with Gasteiger partial charge in [-0.15, -0.1) is 0 Å². The lowest BCUT2D eigenvalue weighted by Crippen LogP contribution is -1.97. The molecule has 0 amide bonds. The van der Waals surface area contributed by atoms with Gasteiger partial charge < -0.3 is 11.1 Å². The van der Waals surface area contributed by atoms with E-state index in [0.717, 1.165) is 34.1 Å². The largest absolute Gasteiger partial charge is 0.385 e. The summed E-state index contributed by atoms with van der Waals surface area (Å²) in [6, 6.07) is 16.5. The van der Waals surface area contributed by atoms with Gasteiger partial charge in [0.15, 0.2) is 0 Å². The van der Waals surface area contributed by atoms with Crippen molar-refractivity contribution < 1.29 is 0 Å². The van der Waals surface area contributed by atoms with Crippen molar-refractivity contribution in [3.05, 3.63) is 54.7 Å². The van der Waals surface area contributed by atoms with E-state index in [4.69, 9.17) is 5.73 Å². The number of rotatable bonds is 3. The first-order chi connectivity index (χ1) is 9.79. The third kappa shape index (κ3) is 2.18. The molecule has 20 heavy (non-hydrogen) atoms. The summed E-state index contributed by atoms with van der Waals surface area (Å²) in [5.41, 5.74) is 9.30. The van der Waals surface area contributed by atoms with Crippen molar-refractivity contribution in [1.82, 2.24) is 4.98 Å². The molecule has 0 fully saturated rings. The summed E-state index contributed by atoms with van der Waals surface area (Å²) in [6.45, 7) is 3.00. The number of nitrogens with zero attached hydrogens (tertiary/aromatic N) is 1. The van der Waals surface area contributed by atoms with Crippen LogP contribution < -0.4 is 11.1 Å². The summed E-state index contributed by atoms with van der Waals surface area (Å²) in [6.07, 6.45) is 1.82. The molecule has 0 saturated heterocycles. The van der Waals surface area contributed by atoms with Gasteiger partial charge >= 0.3 is 0 Å². The molecule has 0 bridgehead atoms. The van der Waals surface area contributed by atoms with Gasteiger partial charge in [-0.1, -0.05) is 36.4 Å². The standard InChI is InChI=1S/C17H17N3/c1-2-19-14-9-7-12(8-10-14)16-15-6-4-3-5-13(15)11-20-17(16)18/h3-11,19H,2H2,1H3,(H2,18,20). The van der Waals surface area contributed by atoms with Gasteiger partial charge in [-0.3, -0.25) is 0 Å². The van der Waals surface area contributed by atoms with Gasteiger partial charge in [-0.2, -0.15) is 0 Å². The molecule has 3 heteroatoms. The highest BCUT2D eigenvalue weighted by Crippen LogP contribution is 2.32. The Hall–Kier alpha value is -2.55. The number of nitrogens with two attached hydrogens (primary N) is 1. The third-order valence-electron chi connectivity index (χ3n) is 3.38. The monoisotopic (exact) mass is 263 g/mol. The Morgan fingerprint density at radius 3 is 2.55 bits per heavy atom. The molecule has 3 N–H and O–H groups in total. The Kier molecular flexibility index (Phi) is 3.25. The van der Waals surface area contributed by atoms with Crippen LogP contribution in [0.15, 0.2) is 54.7 Å². The number of nitrogen functional groups attached to an aromatic ring is 1. The average Bonchev–Trinajstić information content (AvgIpc) is 2.49. The van der Waals surface area contributed by atoms with E-state index in [1.165, 1.54) is 0 Å². The molecule has 0 aliphatic carbocycles. The number of fused-ring (bicyclic) bond motifs is 1. The van der Waals surface area contributed by atoms with Gasteiger partial charge in [-0.25, -0.2) is 4.98 Å². The third-order valence-corrected chi connectivity index (χ3v) is 3.38. The molecule has 0 aliphatic heterocycles. The molecule has 0 saturated carbocycles. The zero-order valence-corrected chi connectivity index (χ0v) is 11.4. The van der Waals surface area contributed by atoms with Gasteiger partial charge in [0.1, 0.15) is 5.82 Å². The molecular formula is C17H17N3. The highest BCUT2D eigenvalue weighted by molar-refractivity contribution is 6.00. The first-order valence-corrected chi connectivity index (χ1v) is 6.77. The Morgan fingerprint density at radius 1 is 1.05 bits per heavy atom. The maximum Gasteiger partial charge on any atom is 0.131 e. The Balaban J connectivity index is 2.15. The second-order valence-electron chi connectivity index (χ2n) is 4.71. The van der Waals surface area contributed by atoms with E-state index in [2.05, 4.69) is 53.6 Å². The summed E-state index contributed by atoms with van der Waals surface area (Å²) in [5, 5.41) is 5.53. The van der Waals surface area contributed by atoms with E-state index in [0.29, 0.717) is 5.82 Å². The molecule has 3 nitrogen and oxygen atoms in total. The van der Waals surface area contributed by atoms with Crippen molar-refractivity contribution in [1.29, 1.82) is 0 Å². The highest BCUT2D eigenvalue weighted by atomic mass is 14.8. The molecule has 0 aliphatic rings. The molecule has 2 aromatic carbocycles. The van der Waals surface area contributed by atoms with Crippen LogP contribution in [-0.4, -0.2) is 11.5 Å². The van der Waals surface area contributed by atoms with Crippen molar-refractivity contribution in [3.8, 4) is 11.1 Å². The molecule has 0 spiro atoms. The minimum atomic E-state index is 0.569. The fraction of sp³-hybridized carbons (Fsp3) is 0.118. The molecule has 1 heterocycles. The fourth-order valence-electron chi connectivity index (χ4n) is 2.44. The van der Waals surface area contributed by atoms with Gasteiger partial charge in [0, 0.05) is 29.4 Å². The SMILES string of the molecule is CCNc1ccc(-c2c(N)ncc3ccccc23)cc1. The van der Waals surface area contributed by atoms with Crippen molar-refractivity contribution in [3.63, 3.8) is 0 Å². The molecule has 1 aromatic heterocycles. The van der Waals surface area contributed by atoms with Crippen LogP contribution >= 0.6 is 0 Å². The van der Waals surface area contributed by atoms with E-state index in [1.54, 1.807) is 0 Å². The van der Waals surface area contributed by atoms with Crippen molar-refractivity contribution in [2.75, 3.05) is 17.6 Å². The lowest BCUT2D eigenvalue weighted by Gasteiger charge is -2.10. The Labute approximate surface area is 118 Å². The molecule has 0 unspecified atom stereocenters. The van der Waals surface area contributed by atoms with Crippen LogP contribution in [0.4, 0.5) is 11.5 Å². The van der Waals surface area contributed by atoms with Crippen molar-refractivity contribution in [2.24, 2.45) is 0 Å². The van der Waals surface area contributed by atoms with Gasteiger partial charge in [0.25, 0.3) is 0 Å². The minimum Gasteiger partial charge on any atom is -0.385 e. The van der Waals surface area contributed by atoms with Crippen LogP contribution in [0.25, 0.3) is 21.9 Å². The Bertz CT molecular complexity index is 733. The van der Waals surface area contributed by atoms with Crippen LogP contribution in [0.1, 0.15) is 6.92 Å². The lowest BCUT2D eigenvalue weighted by atomic mass is 9.99. The van der Waals surface area contributed by atoms with Crippen LogP contribution in [0.2, 0.25) is 0 Å². The van der Waals surface area contributed by atoms with Gasteiger partial charge in [0.2, 0.25) is 0 Å². The summed E-state index contributed by atoms with van der Waals surface area (Å²) in [5.74, 6) is 0.569. The van der Waals surface area contributed by atoms with Crippen LogP contribution in [-0.2, 0) is 0 Å². The molecule has 3 aromatic rings. The van der Waals surface area contributed by atoms with E-state index >= 15 is 0 Å². The summed E-state index contributed by atoms with van der Waals surface area (Å²) in [7, 11) is 0. The second-order valence-corrected chi connectivity index (χ2v) is 4.71. The van der Waals surface area contributed by atoms with Crippen LogP contribution in [0.5, 0.6) is 0 Å². The average molecular weight is 263 g/mol. The number of nitrogens with one attached hydrogen (secondary N) is 1. The maximum atomic E-state index is 6.09. The number of hydrogen-bond donors (Lipinski definition) is 2. The van der Waals surface area contributed by atoms with Crippen LogP contribution in [0.3, 0.4) is 0 Å². The van der Waals surface area contributed by atoms with Crippen LogP contribution in [0, 0.1) is 0 Å². The highest BCUT2D eigenvalue weighted by Gasteiger charge is 2.08. The normalized spacial score (nSPS) is 10.7. The van der Waals surface area contributed by atoms with E-state index in [1.807, 2.05) is 18.3 Å². The van der Waals surface area contributed by atoms with E-state index in [9.17, 15) is 0 Å². The number of benzene rings is 2. The topological polar surface area (TPSA) is 50.9 Å². The zero-order chi connectivity index (χ0) is 13.9. The van der Waals surface area contributed by atoms with Gasteiger partial charge in [-0.05, 0) is 30.0 Å². The van der Waals surface area contributed by atoms with Crippen molar-refractivity contribution in [2.45, 2.75) is 6.92 Å². The Morgan fingerprint density at radius 2 is 1.80 bits per heavy atom. The lowest BCUT2D eigenvalue weighted by molar-refractivity contribution is 1.21. The predicted octanol–water partition coefficient (Wildman–Crippen LogP) is 3.92. The van der Waals surface area contributed by atoms with E-state index < -0.39 is 0 Å². The smallest absolute Gasteiger partial charge is 0.131 e. The minimum absolute atomic E-state index is 0.569. The summed E-state index contributed by atoms with van der Waals surface area (Å²) in [4.78, 5) is 4.30. The molecule has 100 valence electrons. The summed E-state index contributed by atoms with van der Waals surface area (Å²) >= 11 is 0. The first-order valence-electron chi connectivity index (χ1n) is 6.77. The summed E-state index contributed by atoms with van der Waals surface area (Å²) < 4.78 is 0. The molecule has 0 radical (unpaired) electrons. The molecule has 3 rings (SSSR count). The number of aromatic nitrogens is 1. The zero-order valence-electron chi connectivity index (χ0n) is 11.4.